The van der Waals surface area contributed by atoms with E-state index in [0.29, 0.717) is 11.3 Å². The van der Waals surface area contributed by atoms with E-state index in [4.69, 9.17) is 5.73 Å². The fourth-order valence-electron chi connectivity index (χ4n) is 1.88. The predicted molar refractivity (Wildman–Crippen MR) is 85.3 cm³/mol. The van der Waals surface area contributed by atoms with E-state index in [9.17, 15) is 4.79 Å². The molecule has 0 unspecified atom stereocenters. The van der Waals surface area contributed by atoms with E-state index in [-0.39, 0.29) is 5.91 Å². The third-order valence-corrected chi connectivity index (χ3v) is 3.95. The SMILES string of the molecule is Cc1ccc(CNc2ccc(C(=O)N(C)C)cc2N)s1. The Bertz CT molecular complexity index is 619. The minimum Gasteiger partial charge on any atom is -0.397 e. The van der Waals surface area contributed by atoms with Crippen molar-refractivity contribution in [1.29, 1.82) is 0 Å². The van der Waals surface area contributed by atoms with Crippen molar-refractivity contribution in [3.05, 3.63) is 45.6 Å². The lowest BCUT2D eigenvalue weighted by molar-refractivity contribution is 0.0827. The molecule has 2 rings (SSSR count). The molecule has 0 fully saturated rings. The van der Waals surface area contributed by atoms with E-state index in [1.165, 1.54) is 14.7 Å². The molecule has 1 amide bonds. The summed E-state index contributed by atoms with van der Waals surface area (Å²) in [7, 11) is 3.45. The molecule has 0 aliphatic heterocycles. The number of hydrogen-bond donors (Lipinski definition) is 2. The Morgan fingerprint density at radius 1 is 1.30 bits per heavy atom. The van der Waals surface area contributed by atoms with E-state index < -0.39 is 0 Å². The maximum Gasteiger partial charge on any atom is 0.253 e. The molecular weight excluding hydrogens is 270 g/mol. The van der Waals surface area contributed by atoms with Gasteiger partial charge in [-0.25, -0.2) is 0 Å². The number of nitrogens with zero attached hydrogens (tertiary/aromatic N) is 1. The summed E-state index contributed by atoms with van der Waals surface area (Å²) in [6, 6.07) is 9.56. The molecule has 0 spiro atoms. The summed E-state index contributed by atoms with van der Waals surface area (Å²) in [6.07, 6.45) is 0. The van der Waals surface area contributed by atoms with Gasteiger partial charge < -0.3 is 16.0 Å². The van der Waals surface area contributed by atoms with Crippen LogP contribution in [0.25, 0.3) is 0 Å². The highest BCUT2D eigenvalue weighted by Crippen LogP contribution is 2.23. The molecule has 0 radical (unpaired) electrons. The smallest absolute Gasteiger partial charge is 0.253 e. The third kappa shape index (κ3) is 3.30. The first-order chi connectivity index (χ1) is 9.47. The van der Waals surface area contributed by atoms with Gasteiger partial charge >= 0.3 is 0 Å². The zero-order valence-corrected chi connectivity index (χ0v) is 12.8. The Morgan fingerprint density at radius 3 is 2.60 bits per heavy atom. The molecule has 2 aromatic rings. The lowest BCUT2D eigenvalue weighted by Gasteiger charge is -2.13. The predicted octanol–water partition coefficient (Wildman–Crippen LogP) is 2.95. The molecular formula is C15H19N3OS. The number of anilines is 2. The average molecular weight is 289 g/mol. The van der Waals surface area contributed by atoms with Crippen LogP contribution in [0.2, 0.25) is 0 Å². The lowest BCUT2D eigenvalue weighted by atomic mass is 10.1. The topological polar surface area (TPSA) is 58.4 Å². The second-order valence-electron chi connectivity index (χ2n) is 4.87. The zero-order valence-electron chi connectivity index (χ0n) is 11.9. The van der Waals surface area contributed by atoms with Gasteiger partial charge in [0.15, 0.2) is 0 Å². The molecule has 0 bridgehead atoms. The number of rotatable bonds is 4. The Kier molecular flexibility index (Phi) is 4.29. The van der Waals surface area contributed by atoms with Crippen LogP contribution < -0.4 is 11.1 Å². The Morgan fingerprint density at radius 2 is 2.05 bits per heavy atom. The van der Waals surface area contributed by atoms with Gasteiger partial charge in [0.2, 0.25) is 0 Å². The Hall–Kier alpha value is -2.01. The summed E-state index contributed by atoms with van der Waals surface area (Å²) in [6.45, 7) is 2.83. The normalized spacial score (nSPS) is 10.3. The summed E-state index contributed by atoms with van der Waals surface area (Å²) < 4.78 is 0. The summed E-state index contributed by atoms with van der Waals surface area (Å²) >= 11 is 1.76. The van der Waals surface area contributed by atoms with Crippen LogP contribution in [0, 0.1) is 6.92 Å². The van der Waals surface area contributed by atoms with E-state index in [2.05, 4.69) is 24.4 Å². The van der Waals surface area contributed by atoms with Crippen LogP contribution in [0.1, 0.15) is 20.1 Å². The molecule has 0 aliphatic carbocycles. The summed E-state index contributed by atoms with van der Waals surface area (Å²) in [5.74, 6) is -0.0443. The number of thiophene rings is 1. The van der Waals surface area contributed by atoms with Crippen molar-refractivity contribution in [2.75, 3.05) is 25.1 Å². The standard InChI is InChI=1S/C15H19N3OS/c1-10-4-6-12(20-10)9-17-14-7-5-11(8-13(14)16)15(19)18(2)3/h4-8,17H,9,16H2,1-3H3. The van der Waals surface area contributed by atoms with Crippen LogP contribution >= 0.6 is 11.3 Å². The molecule has 0 saturated heterocycles. The molecule has 5 heteroatoms. The number of hydrogen-bond acceptors (Lipinski definition) is 4. The Labute approximate surface area is 123 Å². The number of nitrogens with one attached hydrogen (secondary N) is 1. The van der Waals surface area contributed by atoms with E-state index in [1.54, 1.807) is 37.6 Å². The van der Waals surface area contributed by atoms with Crippen molar-refractivity contribution < 1.29 is 4.79 Å². The first kappa shape index (κ1) is 14.4. The number of carbonyl (C=O) groups is 1. The zero-order chi connectivity index (χ0) is 14.7. The average Bonchev–Trinajstić information content (AvgIpc) is 2.82. The first-order valence-corrected chi connectivity index (χ1v) is 7.19. The van der Waals surface area contributed by atoms with Gasteiger partial charge in [0, 0.05) is 36.0 Å². The maximum absolute atomic E-state index is 11.8. The molecule has 0 saturated carbocycles. The summed E-state index contributed by atoms with van der Waals surface area (Å²) in [5, 5.41) is 3.30. The monoisotopic (exact) mass is 289 g/mol. The summed E-state index contributed by atoms with van der Waals surface area (Å²) in [5.41, 5.74) is 8.04. The number of nitrogen functional groups attached to an aromatic ring is 1. The molecule has 1 aromatic carbocycles. The quantitative estimate of drug-likeness (QED) is 0.851. The van der Waals surface area contributed by atoms with Gasteiger partial charge in [-0.3, -0.25) is 4.79 Å². The van der Waals surface area contributed by atoms with Crippen LogP contribution in [-0.2, 0) is 6.54 Å². The van der Waals surface area contributed by atoms with Gasteiger partial charge in [0.25, 0.3) is 5.91 Å². The fourth-order valence-corrected chi connectivity index (χ4v) is 2.71. The highest BCUT2D eigenvalue weighted by molar-refractivity contribution is 7.11. The van der Waals surface area contributed by atoms with Crippen LogP contribution in [0.15, 0.2) is 30.3 Å². The number of nitrogens with two attached hydrogens (primary N) is 1. The van der Waals surface area contributed by atoms with E-state index in [0.717, 1.165) is 12.2 Å². The minimum absolute atomic E-state index is 0.0443. The van der Waals surface area contributed by atoms with Gasteiger partial charge in [0.1, 0.15) is 0 Å². The van der Waals surface area contributed by atoms with Crippen molar-refractivity contribution in [2.45, 2.75) is 13.5 Å². The van der Waals surface area contributed by atoms with Gasteiger partial charge in [0.05, 0.1) is 11.4 Å². The molecule has 0 atom stereocenters. The van der Waals surface area contributed by atoms with Crippen molar-refractivity contribution in [2.24, 2.45) is 0 Å². The van der Waals surface area contributed by atoms with Crippen LogP contribution in [0.4, 0.5) is 11.4 Å². The van der Waals surface area contributed by atoms with Crippen molar-refractivity contribution in [1.82, 2.24) is 4.90 Å². The largest absolute Gasteiger partial charge is 0.397 e. The van der Waals surface area contributed by atoms with Crippen molar-refractivity contribution in [3.8, 4) is 0 Å². The van der Waals surface area contributed by atoms with Crippen LogP contribution in [0.3, 0.4) is 0 Å². The van der Waals surface area contributed by atoms with Crippen molar-refractivity contribution in [3.63, 3.8) is 0 Å². The highest BCUT2D eigenvalue weighted by Gasteiger charge is 2.10. The molecule has 3 N–H and O–H groups in total. The van der Waals surface area contributed by atoms with Gasteiger partial charge in [-0.05, 0) is 37.3 Å². The third-order valence-electron chi connectivity index (χ3n) is 2.95. The minimum atomic E-state index is -0.0443. The second-order valence-corrected chi connectivity index (χ2v) is 6.24. The van der Waals surface area contributed by atoms with E-state index >= 15 is 0 Å². The molecule has 20 heavy (non-hydrogen) atoms. The van der Waals surface area contributed by atoms with Crippen LogP contribution in [0.5, 0.6) is 0 Å². The van der Waals surface area contributed by atoms with Crippen LogP contribution in [-0.4, -0.2) is 24.9 Å². The van der Waals surface area contributed by atoms with Gasteiger partial charge in [-0.1, -0.05) is 0 Å². The van der Waals surface area contributed by atoms with E-state index in [1.807, 2.05) is 6.07 Å². The molecule has 4 nitrogen and oxygen atoms in total. The van der Waals surface area contributed by atoms with Gasteiger partial charge in [-0.15, -0.1) is 11.3 Å². The molecule has 1 heterocycles. The molecule has 0 aliphatic rings. The van der Waals surface area contributed by atoms with Gasteiger partial charge in [-0.2, -0.15) is 0 Å². The highest BCUT2D eigenvalue weighted by atomic mass is 32.1. The summed E-state index contributed by atoms with van der Waals surface area (Å²) in [4.78, 5) is 15.9. The first-order valence-electron chi connectivity index (χ1n) is 6.37. The maximum atomic E-state index is 11.8. The number of aryl methyl sites for hydroxylation is 1. The number of carbonyl (C=O) groups excluding carboxylic acids is 1. The second kappa shape index (κ2) is 5.96. The molecule has 1 aromatic heterocycles. The Balaban J connectivity index is 2.08. The number of benzene rings is 1. The molecule has 106 valence electrons. The fraction of sp³-hybridized carbons (Fsp3) is 0.267. The van der Waals surface area contributed by atoms with Crippen molar-refractivity contribution >= 4 is 28.6 Å². The lowest BCUT2D eigenvalue weighted by Crippen LogP contribution is -2.21. The number of amides is 1.